The lowest BCUT2D eigenvalue weighted by Gasteiger charge is -2.23. The zero-order valence-electron chi connectivity index (χ0n) is 17.7. The number of hydrogen-bond donors (Lipinski definition) is 0. The van der Waals surface area contributed by atoms with Crippen molar-refractivity contribution in [3.05, 3.63) is 89.1 Å². The van der Waals surface area contributed by atoms with Gasteiger partial charge in [0, 0.05) is 11.5 Å². The standard InChI is InChI=1S/C24H26N2O3S/c1-17-21(23(27)26(25-17)19-13-9-6-10-14-19)22(18-11-7-5-8-12-18)20(24(28)29-2)15-16-30(3)4/h5-15,22H,16H2,1-4H3/b20-15+. The van der Waals surface area contributed by atoms with Crippen LogP contribution in [-0.2, 0) is 20.4 Å². The number of aryl methyl sites for hydroxylation is 1. The van der Waals surface area contributed by atoms with Gasteiger partial charge >= 0.3 is 5.97 Å². The third-order valence-corrected chi connectivity index (χ3v) is 5.69. The van der Waals surface area contributed by atoms with Crippen LogP contribution < -0.4 is 5.11 Å². The van der Waals surface area contributed by atoms with Gasteiger partial charge in [0.1, 0.15) is 5.75 Å². The Kier molecular flexibility index (Phi) is 7.00. The molecule has 156 valence electrons. The molecule has 6 heteroatoms. The van der Waals surface area contributed by atoms with Gasteiger partial charge in [0.2, 0.25) is 0 Å². The van der Waals surface area contributed by atoms with E-state index >= 15 is 0 Å². The monoisotopic (exact) mass is 422 g/mol. The van der Waals surface area contributed by atoms with Crippen LogP contribution in [0.2, 0.25) is 0 Å². The number of methoxy groups -OCH3 is 1. The minimum Gasteiger partial charge on any atom is -0.858 e. The van der Waals surface area contributed by atoms with Crippen molar-refractivity contribution in [2.24, 2.45) is 0 Å². The van der Waals surface area contributed by atoms with Crippen molar-refractivity contribution in [3.63, 3.8) is 0 Å². The molecule has 0 spiro atoms. The largest absolute Gasteiger partial charge is 0.858 e. The molecule has 3 aromatic rings. The molecule has 1 heterocycles. The van der Waals surface area contributed by atoms with Gasteiger partial charge in [-0.3, -0.25) is 0 Å². The van der Waals surface area contributed by atoms with E-state index in [1.54, 1.807) is 0 Å². The van der Waals surface area contributed by atoms with Gasteiger partial charge in [-0.2, -0.15) is 5.10 Å². The van der Waals surface area contributed by atoms with E-state index in [-0.39, 0.29) is 16.8 Å². The van der Waals surface area contributed by atoms with Gasteiger partial charge < -0.3 is 9.84 Å². The number of rotatable bonds is 7. The second-order valence-electron chi connectivity index (χ2n) is 7.20. The number of carbonyl (C=O) groups excluding carboxylic acids is 1. The quantitative estimate of drug-likeness (QED) is 0.333. The topological polar surface area (TPSA) is 67.2 Å². The van der Waals surface area contributed by atoms with E-state index < -0.39 is 11.9 Å². The van der Waals surface area contributed by atoms with Crippen LogP contribution in [-0.4, -0.2) is 41.1 Å². The van der Waals surface area contributed by atoms with Gasteiger partial charge in [0.25, 0.3) is 0 Å². The summed E-state index contributed by atoms with van der Waals surface area (Å²) >= 11 is 0. The van der Waals surface area contributed by atoms with Crippen LogP contribution >= 0.6 is 0 Å². The number of carbonyl (C=O) groups is 1. The molecule has 2 aromatic carbocycles. The Balaban J connectivity index is 2.23. The molecule has 0 aliphatic heterocycles. The summed E-state index contributed by atoms with van der Waals surface area (Å²) < 4.78 is 6.51. The number of hydrogen-bond acceptors (Lipinski definition) is 4. The first-order valence-electron chi connectivity index (χ1n) is 9.63. The summed E-state index contributed by atoms with van der Waals surface area (Å²) in [6.45, 7) is 1.81. The fourth-order valence-electron chi connectivity index (χ4n) is 3.44. The lowest BCUT2D eigenvalue weighted by Crippen LogP contribution is -2.18. The van der Waals surface area contributed by atoms with E-state index in [9.17, 15) is 9.90 Å². The Labute approximate surface area is 180 Å². The average Bonchev–Trinajstić information content (AvgIpc) is 3.05. The highest BCUT2D eigenvalue weighted by Crippen LogP contribution is 2.39. The SMILES string of the molecule is COC(=O)/C(=C/C[S+](C)C)C(c1ccccc1)c1c(C)nn(-c2ccccc2)c1[O-]. The molecular formula is C24H26N2O3S. The Bertz CT molecular complexity index is 1030. The molecule has 0 aliphatic rings. The first-order chi connectivity index (χ1) is 14.4. The number of nitrogens with zero attached hydrogens (tertiary/aromatic N) is 2. The van der Waals surface area contributed by atoms with E-state index in [4.69, 9.17) is 4.74 Å². The van der Waals surface area contributed by atoms with Gasteiger partial charge in [-0.1, -0.05) is 48.5 Å². The van der Waals surface area contributed by atoms with Crippen molar-refractivity contribution in [1.82, 2.24) is 9.78 Å². The molecule has 30 heavy (non-hydrogen) atoms. The first-order valence-corrected chi connectivity index (χ1v) is 11.8. The number of para-hydroxylation sites is 1. The second kappa shape index (κ2) is 9.67. The summed E-state index contributed by atoms with van der Waals surface area (Å²) in [6.07, 6.45) is 6.13. The zero-order chi connectivity index (χ0) is 21.7. The van der Waals surface area contributed by atoms with Gasteiger partial charge in [-0.25, -0.2) is 9.48 Å². The molecule has 1 unspecified atom stereocenters. The molecule has 0 bridgehead atoms. The molecule has 1 atom stereocenters. The first kappa shape index (κ1) is 21.7. The molecular weight excluding hydrogens is 396 g/mol. The summed E-state index contributed by atoms with van der Waals surface area (Å²) in [6, 6.07) is 18.9. The third-order valence-electron chi connectivity index (χ3n) is 4.85. The van der Waals surface area contributed by atoms with Crippen molar-refractivity contribution in [3.8, 4) is 11.6 Å². The van der Waals surface area contributed by atoms with E-state index in [0.717, 1.165) is 11.3 Å². The molecule has 0 fully saturated rings. The molecule has 0 saturated heterocycles. The van der Waals surface area contributed by atoms with Crippen molar-refractivity contribution in [2.45, 2.75) is 12.8 Å². The Morgan fingerprint density at radius 2 is 1.73 bits per heavy atom. The van der Waals surface area contributed by atoms with E-state index in [1.807, 2.05) is 73.7 Å². The average molecular weight is 423 g/mol. The number of esters is 1. The Morgan fingerprint density at radius 3 is 2.30 bits per heavy atom. The third kappa shape index (κ3) is 4.60. The lowest BCUT2D eigenvalue weighted by atomic mass is 9.84. The molecule has 0 radical (unpaired) electrons. The molecule has 0 amide bonds. The Hall–Kier alpha value is -2.99. The number of ether oxygens (including phenoxy) is 1. The van der Waals surface area contributed by atoms with Crippen LogP contribution in [0.3, 0.4) is 0 Å². The van der Waals surface area contributed by atoms with Crippen LogP contribution in [0, 0.1) is 6.92 Å². The normalized spacial score (nSPS) is 12.8. The van der Waals surface area contributed by atoms with Gasteiger partial charge in [-0.15, -0.1) is 0 Å². The smallest absolute Gasteiger partial charge is 0.334 e. The summed E-state index contributed by atoms with van der Waals surface area (Å²) in [4.78, 5) is 12.8. The highest BCUT2D eigenvalue weighted by molar-refractivity contribution is 7.95. The van der Waals surface area contributed by atoms with Crippen LogP contribution in [0.5, 0.6) is 5.88 Å². The summed E-state index contributed by atoms with van der Waals surface area (Å²) in [5.41, 5.74) is 3.11. The molecule has 5 nitrogen and oxygen atoms in total. The molecule has 1 aromatic heterocycles. The van der Waals surface area contributed by atoms with Crippen LogP contribution in [0.1, 0.15) is 22.7 Å². The zero-order valence-corrected chi connectivity index (χ0v) is 18.5. The number of aromatic nitrogens is 2. The molecule has 3 rings (SSSR count). The highest BCUT2D eigenvalue weighted by atomic mass is 32.2. The fraction of sp³-hybridized carbons (Fsp3) is 0.250. The number of benzene rings is 2. The Morgan fingerprint density at radius 1 is 1.13 bits per heavy atom. The second-order valence-corrected chi connectivity index (χ2v) is 9.50. The van der Waals surface area contributed by atoms with Gasteiger partial charge in [-0.05, 0) is 53.0 Å². The minimum absolute atomic E-state index is 0.0977. The lowest BCUT2D eigenvalue weighted by molar-refractivity contribution is -0.278. The summed E-state index contributed by atoms with van der Waals surface area (Å²) in [5.74, 6) is -0.476. The van der Waals surface area contributed by atoms with Crippen molar-refractivity contribution in [1.29, 1.82) is 0 Å². The van der Waals surface area contributed by atoms with Crippen LogP contribution in [0.4, 0.5) is 0 Å². The van der Waals surface area contributed by atoms with E-state index in [2.05, 4.69) is 17.6 Å². The van der Waals surface area contributed by atoms with Gasteiger partial charge in [0.15, 0.2) is 0 Å². The molecule has 0 aliphatic carbocycles. The predicted molar refractivity (Wildman–Crippen MR) is 120 cm³/mol. The van der Waals surface area contributed by atoms with E-state index in [1.165, 1.54) is 11.8 Å². The molecule has 0 saturated carbocycles. The molecule has 0 N–H and O–H groups in total. The fourth-order valence-corrected chi connectivity index (χ4v) is 3.95. The van der Waals surface area contributed by atoms with Crippen molar-refractivity contribution < 1.29 is 14.6 Å². The maximum absolute atomic E-state index is 13.5. The predicted octanol–water partition coefficient (Wildman–Crippen LogP) is 3.36. The van der Waals surface area contributed by atoms with Crippen molar-refractivity contribution >= 4 is 16.9 Å². The maximum atomic E-state index is 13.5. The van der Waals surface area contributed by atoms with Crippen LogP contribution in [0.25, 0.3) is 5.69 Å². The summed E-state index contributed by atoms with van der Waals surface area (Å²) in [7, 11) is 1.47. The van der Waals surface area contributed by atoms with Crippen molar-refractivity contribution in [2.75, 3.05) is 25.4 Å². The minimum atomic E-state index is -0.549. The van der Waals surface area contributed by atoms with Crippen LogP contribution in [0.15, 0.2) is 72.3 Å². The van der Waals surface area contributed by atoms with E-state index in [0.29, 0.717) is 22.5 Å². The highest BCUT2D eigenvalue weighted by Gasteiger charge is 2.29. The van der Waals surface area contributed by atoms with Gasteiger partial charge in [0.05, 0.1) is 31.0 Å². The summed E-state index contributed by atoms with van der Waals surface area (Å²) in [5, 5.41) is 18.0. The maximum Gasteiger partial charge on any atom is 0.334 e.